The average molecular weight is 312 g/mol. The number of aryl methyl sites for hydroxylation is 1. The van der Waals surface area contributed by atoms with Crippen LogP contribution in [-0.4, -0.2) is 38.6 Å². The molecule has 0 aliphatic heterocycles. The molecule has 21 heavy (non-hydrogen) atoms. The minimum Gasteiger partial charge on any atom is -0.310 e. The van der Waals surface area contributed by atoms with Gasteiger partial charge in [0, 0.05) is 19.1 Å². The monoisotopic (exact) mass is 312 g/mol. The number of nitrogens with zero attached hydrogens (tertiary/aromatic N) is 1. The summed E-state index contributed by atoms with van der Waals surface area (Å²) < 4.78 is 24.5. The lowest BCUT2D eigenvalue weighted by atomic mass is 10.0. The highest BCUT2D eigenvalue weighted by Gasteiger charge is 2.14. The molecule has 120 valence electrons. The molecule has 1 rings (SSSR count). The lowest BCUT2D eigenvalue weighted by Crippen LogP contribution is -2.33. The molecular weight excluding hydrogens is 284 g/mol. The van der Waals surface area contributed by atoms with Crippen LogP contribution in [0, 0.1) is 6.92 Å². The number of hydrogen-bond acceptors (Lipinski definition) is 3. The molecule has 0 amide bonds. The van der Waals surface area contributed by atoms with E-state index in [-0.39, 0.29) is 0 Å². The fraction of sp³-hybridized carbons (Fsp3) is 0.625. The predicted molar refractivity (Wildman–Crippen MR) is 88.9 cm³/mol. The predicted octanol–water partition coefficient (Wildman–Crippen LogP) is 2.71. The quantitative estimate of drug-likeness (QED) is 0.713. The SMILES string of the molecule is CCC(NCCCN(CC)S(C)(=O)=O)c1ccc(C)cc1. The topological polar surface area (TPSA) is 49.4 Å². The molecule has 0 aromatic heterocycles. The van der Waals surface area contributed by atoms with Gasteiger partial charge in [0.15, 0.2) is 0 Å². The third-order valence-electron chi connectivity index (χ3n) is 3.68. The molecule has 0 radical (unpaired) electrons. The largest absolute Gasteiger partial charge is 0.310 e. The van der Waals surface area contributed by atoms with Crippen LogP contribution in [0.1, 0.15) is 43.9 Å². The van der Waals surface area contributed by atoms with Crippen molar-refractivity contribution in [1.82, 2.24) is 9.62 Å². The van der Waals surface area contributed by atoms with Gasteiger partial charge in [0.2, 0.25) is 10.0 Å². The van der Waals surface area contributed by atoms with Crippen molar-refractivity contribution < 1.29 is 8.42 Å². The van der Waals surface area contributed by atoms with Gasteiger partial charge in [-0.3, -0.25) is 0 Å². The summed E-state index contributed by atoms with van der Waals surface area (Å²) in [5, 5.41) is 3.51. The lowest BCUT2D eigenvalue weighted by molar-refractivity contribution is 0.409. The summed E-state index contributed by atoms with van der Waals surface area (Å²) in [6.07, 6.45) is 3.11. The molecule has 1 atom stereocenters. The Bertz CT molecular complexity index is 512. The van der Waals surface area contributed by atoms with Crippen LogP contribution in [0.4, 0.5) is 0 Å². The van der Waals surface area contributed by atoms with E-state index in [2.05, 4.69) is 43.4 Å². The molecule has 4 nitrogen and oxygen atoms in total. The Labute approximate surface area is 129 Å². The van der Waals surface area contributed by atoms with Gasteiger partial charge < -0.3 is 5.32 Å². The highest BCUT2D eigenvalue weighted by Crippen LogP contribution is 2.17. The van der Waals surface area contributed by atoms with Gasteiger partial charge in [-0.05, 0) is 31.9 Å². The number of benzene rings is 1. The van der Waals surface area contributed by atoms with Crippen LogP contribution in [0.15, 0.2) is 24.3 Å². The number of nitrogens with one attached hydrogen (secondary N) is 1. The van der Waals surface area contributed by atoms with Crippen LogP contribution in [0.3, 0.4) is 0 Å². The second-order valence-corrected chi connectivity index (χ2v) is 7.42. The van der Waals surface area contributed by atoms with Gasteiger partial charge in [-0.1, -0.05) is 43.7 Å². The zero-order valence-corrected chi connectivity index (χ0v) is 14.4. The molecule has 0 bridgehead atoms. The standard InChI is InChI=1S/C16H28N2O2S/c1-5-16(15-10-8-14(3)9-11-15)17-12-7-13-18(6-2)21(4,19)20/h8-11,16-17H,5-7,12-13H2,1-4H3. The van der Waals surface area contributed by atoms with Crippen molar-refractivity contribution in [1.29, 1.82) is 0 Å². The molecule has 1 N–H and O–H groups in total. The Morgan fingerprint density at radius 2 is 1.81 bits per heavy atom. The lowest BCUT2D eigenvalue weighted by Gasteiger charge is -2.20. The summed E-state index contributed by atoms with van der Waals surface area (Å²) in [5.74, 6) is 0. The smallest absolute Gasteiger partial charge is 0.211 e. The fourth-order valence-electron chi connectivity index (χ4n) is 2.39. The van der Waals surface area contributed by atoms with E-state index in [0.29, 0.717) is 19.1 Å². The number of sulfonamides is 1. The molecule has 1 aromatic rings. The van der Waals surface area contributed by atoms with E-state index in [0.717, 1.165) is 19.4 Å². The molecule has 5 heteroatoms. The van der Waals surface area contributed by atoms with E-state index in [9.17, 15) is 8.42 Å². The van der Waals surface area contributed by atoms with Gasteiger partial charge in [0.05, 0.1) is 6.26 Å². The van der Waals surface area contributed by atoms with Crippen molar-refractivity contribution in [2.45, 2.75) is 39.7 Å². The van der Waals surface area contributed by atoms with E-state index in [4.69, 9.17) is 0 Å². The van der Waals surface area contributed by atoms with Crippen molar-refractivity contribution in [2.24, 2.45) is 0 Å². The molecule has 0 fully saturated rings. The first-order valence-electron chi connectivity index (χ1n) is 7.63. The molecule has 0 spiro atoms. The van der Waals surface area contributed by atoms with E-state index in [1.54, 1.807) is 0 Å². The Balaban J connectivity index is 2.44. The van der Waals surface area contributed by atoms with Gasteiger partial charge in [-0.2, -0.15) is 0 Å². The zero-order chi connectivity index (χ0) is 15.9. The van der Waals surface area contributed by atoms with Gasteiger partial charge in [-0.15, -0.1) is 0 Å². The molecule has 1 aromatic carbocycles. The molecular formula is C16H28N2O2S. The summed E-state index contributed by atoms with van der Waals surface area (Å²) in [4.78, 5) is 0. The van der Waals surface area contributed by atoms with Gasteiger partial charge in [0.25, 0.3) is 0 Å². The first-order chi connectivity index (χ1) is 9.88. The summed E-state index contributed by atoms with van der Waals surface area (Å²) in [5.41, 5.74) is 2.55. The van der Waals surface area contributed by atoms with Gasteiger partial charge in [0.1, 0.15) is 0 Å². The molecule has 0 heterocycles. The first-order valence-corrected chi connectivity index (χ1v) is 9.48. The van der Waals surface area contributed by atoms with E-state index < -0.39 is 10.0 Å². The third kappa shape index (κ3) is 6.16. The highest BCUT2D eigenvalue weighted by molar-refractivity contribution is 7.88. The summed E-state index contributed by atoms with van der Waals surface area (Å²) in [7, 11) is -3.07. The molecule has 0 saturated carbocycles. The maximum atomic E-state index is 11.5. The van der Waals surface area contributed by atoms with Crippen LogP contribution in [0.5, 0.6) is 0 Å². The van der Waals surface area contributed by atoms with Crippen molar-refractivity contribution >= 4 is 10.0 Å². The first kappa shape index (κ1) is 18.1. The van der Waals surface area contributed by atoms with E-state index in [1.165, 1.54) is 21.7 Å². The second-order valence-electron chi connectivity index (χ2n) is 5.43. The Kier molecular flexibility index (Phi) is 7.35. The van der Waals surface area contributed by atoms with Crippen molar-refractivity contribution in [3.63, 3.8) is 0 Å². The maximum Gasteiger partial charge on any atom is 0.211 e. The summed E-state index contributed by atoms with van der Waals surface area (Å²) in [6, 6.07) is 8.90. The van der Waals surface area contributed by atoms with E-state index >= 15 is 0 Å². The molecule has 0 aliphatic carbocycles. The zero-order valence-electron chi connectivity index (χ0n) is 13.6. The van der Waals surface area contributed by atoms with Crippen LogP contribution >= 0.6 is 0 Å². The Morgan fingerprint density at radius 3 is 2.29 bits per heavy atom. The average Bonchev–Trinajstić information content (AvgIpc) is 2.43. The molecule has 1 unspecified atom stereocenters. The van der Waals surface area contributed by atoms with Gasteiger partial charge >= 0.3 is 0 Å². The Morgan fingerprint density at radius 1 is 1.19 bits per heavy atom. The highest BCUT2D eigenvalue weighted by atomic mass is 32.2. The summed E-state index contributed by atoms with van der Waals surface area (Å²) >= 11 is 0. The maximum absolute atomic E-state index is 11.5. The molecule has 0 saturated heterocycles. The Hall–Kier alpha value is -0.910. The second kappa shape index (κ2) is 8.51. The number of hydrogen-bond donors (Lipinski definition) is 1. The van der Waals surface area contributed by atoms with Crippen LogP contribution < -0.4 is 5.32 Å². The summed E-state index contributed by atoms with van der Waals surface area (Å²) in [6.45, 7) is 8.05. The number of rotatable bonds is 9. The van der Waals surface area contributed by atoms with Crippen LogP contribution in [0.25, 0.3) is 0 Å². The fourth-order valence-corrected chi connectivity index (χ4v) is 3.32. The minimum atomic E-state index is -3.07. The van der Waals surface area contributed by atoms with E-state index in [1.807, 2.05) is 6.92 Å². The van der Waals surface area contributed by atoms with Crippen LogP contribution in [-0.2, 0) is 10.0 Å². The normalized spacial score (nSPS) is 13.6. The van der Waals surface area contributed by atoms with Gasteiger partial charge in [-0.25, -0.2) is 12.7 Å². The van der Waals surface area contributed by atoms with Crippen molar-refractivity contribution in [3.05, 3.63) is 35.4 Å². The van der Waals surface area contributed by atoms with Crippen LogP contribution in [0.2, 0.25) is 0 Å². The molecule has 0 aliphatic rings. The van der Waals surface area contributed by atoms with Crippen molar-refractivity contribution in [2.75, 3.05) is 25.9 Å². The third-order valence-corrected chi connectivity index (χ3v) is 5.06. The minimum absolute atomic E-state index is 0.332. The van der Waals surface area contributed by atoms with Crippen molar-refractivity contribution in [3.8, 4) is 0 Å².